The van der Waals surface area contributed by atoms with E-state index >= 15 is 0 Å². The Balaban J connectivity index is 1.63. The monoisotopic (exact) mass is 443 g/mol. The number of carboxylic acid groups (broad SMARTS) is 1. The van der Waals surface area contributed by atoms with Gasteiger partial charge in [-0.1, -0.05) is 75.4 Å². The number of carboxylic acids is 1. The number of benzene rings is 3. The molecule has 4 rings (SSSR count). The molecule has 1 N–H and O–H groups in total. The Labute approximate surface area is 194 Å². The zero-order valence-electron chi connectivity index (χ0n) is 19.5. The van der Waals surface area contributed by atoms with Crippen molar-refractivity contribution in [1.82, 2.24) is 0 Å². The number of carbonyl (C=O) groups is 2. The van der Waals surface area contributed by atoms with Crippen molar-refractivity contribution in [2.75, 3.05) is 18.1 Å². The van der Waals surface area contributed by atoms with Crippen LogP contribution in [0.2, 0.25) is 0 Å². The van der Waals surface area contributed by atoms with Gasteiger partial charge in [0.2, 0.25) is 0 Å². The molecule has 0 spiro atoms. The quantitative estimate of drug-likeness (QED) is 0.489. The first kappa shape index (κ1) is 22.6. The zero-order chi connectivity index (χ0) is 23.8. The largest absolute Gasteiger partial charge is 0.478 e. The maximum absolute atomic E-state index is 13.4. The molecule has 0 bridgehead atoms. The third-order valence-corrected chi connectivity index (χ3v) is 6.02. The lowest BCUT2D eigenvalue weighted by atomic mass is 9.95. The number of nitrogens with zero attached hydrogens (tertiary/aromatic N) is 1. The van der Waals surface area contributed by atoms with E-state index in [1.807, 2.05) is 45.0 Å². The lowest BCUT2D eigenvalue weighted by Gasteiger charge is -2.31. The molecule has 0 atom stereocenters. The highest BCUT2D eigenvalue weighted by Crippen LogP contribution is 2.44. The summed E-state index contributed by atoms with van der Waals surface area (Å²) < 4.78 is 5.90. The fraction of sp³-hybridized carbons (Fsp3) is 0.286. The van der Waals surface area contributed by atoms with Gasteiger partial charge in [-0.3, -0.25) is 4.90 Å². The molecule has 5 heteroatoms. The number of hydrogen-bond acceptors (Lipinski definition) is 3. The van der Waals surface area contributed by atoms with Crippen LogP contribution in [0.1, 0.15) is 53.7 Å². The minimum Gasteiger partial charge on any atom is -0.478 e. The smallest absolute Gasteiger partial charge is 0.414 e. The summed E-state index contributed by atoms with van der Waals surface area (Å²) in [5.41, 5.74) is 5.71. The Kier molecular flexibility index (Phi) is 5.98. The lowest BCUT2D eigenvalue weighted by molar-refractivity contribution is 0.0696. The molecule has 5 nitrogen and oxygen atoms in total. The highest BCUT2D eigenvalue weighted by Gasteiger charge is 2.31. The van der Waals surface area contributed by atoms with Gasteiger partial charge in [-0.05, 0) is 52.3 Å². The van der Waals surface area contributed by atoms with Gasteiger partial charge in [0.25, 0.3) is 0 Å². The van der Waals surface area contributed by atoms with E-state index in [0.717, 1.165) is 11.1 Å². The highest BCUT2D eigenvalue weighted by molar-refractivity contribution is 5.95. The number of amides is 1. The molecule has 3 aromatic rings. The van der Waals surface area contributed by atoms with Crippen molar-refractivity contribution in [3.8, 4) is 11.1 Å². The third kappa shape index (κ3) is 4.49. The van der Waals surface area contributed by atoms with Crippen molar-refractivity contribution >= 4 is 17.7 Å². The Morgan fingerprint density at radius 3 is 2.03 bits per heavy atom. The van der Waals surface area contributed by atoms with Crippen LogP contribution in [0.4, 0.5) is 10.5 Å². The standard InChI is InChI=1S/C28H29NO4/c1-18-19(26(30)31)14-9-15-25(18)29(17-28(2,3)4)27(32)33-16-24-22-12-7-5-10-20(22)21-11-6-8-13-23(21)24/h5-15,24H,16-17H2,1-4H3,(H,30,31). The number of rotatable bonds is 5. The summed E-state index contributed by atoms with van der Waals surface area (Å²) in [6, 6.07) is 21.4. The average Bonchev–Trinajstić information content (AvgIpc) is 3.09. The van der Waals surface area contributed by atoms with Crippen LogP contribution in [0.25, 0.3) is 11.1 Å². The first-order valence-electron chi connectivity index (χ1n) is 11.1. The molecule has 0 heterocycles. The van der Waals surface area contributed by atoms with Gasteiger partial charge >= 0.3 is 12.1 Å². The van der Waals surface area contributed by atoms with Crippen molar-refractivity contribution < 1.29 is 19.4 Å². The zero-order valence-corrected chi connectivity index (χ0v) is 19.5. The van der Waals surface area contributed by atoms with Crippen LogP contribution in [-0.4, -0.2) is 30.3 Å². The summed E-state index contributed by atoms with van der Waals surface area (Å²) in [6.07, 6.45) is -0.475. The summed E-state index contributed by atoms with van der Waals surface area (Å²) in [5.74, 6) is -1.05. The molecule has 0 unspecified atom stereocenters. The number of aromatic carboxylic acids is 1. The van der Waals surface area contributed by atoms with E-state index in [0.29, 0.717) is 17.8 Å². The summed E-state index contributed by atoms with van der Waals surface area (Å²) >= 11 is 0. The van der Waals surface area contributed by atoms with Gasteiger partial charge in [-0.15, -0.1) is 0 Å². The first-order chi connectivity index (χ1) is 15.7. The molecule has 1 aliphatic rings. The van der Waals surface area contributed by atoms with E-state index < -0.39 is 12.1 Å². The number of fused-ring (bicyclic) bond motifs is 3. The van der Waals surface area contributed by atoms with Gasteiger partial charge in [-0.2, -0.15) is 0 Å². The SMILES string of the molecule is Cc1c(C(=O)O)cccc1N(CC(C)(C)C)C(=O)OCC1c2ccccc2-c2ccccc21. The fourth-order valence-corrected chi connectivity index (χ4v) is 4.54. The Morgan fingerprint density at radius 2 is 1.48 bits per heavy atom. The minimum absolute atomic E-state index is 0.0377. The average molecular weight is 444 g/mol. The van der Waals surface area contributed by atoms with Gasteiger partial charge in [0, 0.05) is 12.5 Å². The van der Waals surface area contributed by atoms with Gasteiger partial charge in [0.1, 0.15) is 6.61 Å². The van der Waals surface area contributed by atoms with Gasteiger partial charge < -0.3 is 9.84 Å². The topological polar surface area (TPSA) is 66.8 Å². The molecule has 0 fully saturated rings. The van der Waals surface area contributed by atoms with Crippen molar-refractivity contribution in [2.24, 2.45) is 5.41 Å². The Bertz CT molecular complexity index is 1160. The van der Waals surface area contributed by atoms with E-state index in [1.165, 1.54) is 11.1 Å². The first-order valence-corrected chi connectivity index (χ1v) is 11.1. The molecule has 33 heavy (non-hydrogen) atoms. The van der Waals surface area contributed by atoms with Gasteiger partial charge in [-0.25, -0.2) is 9.59 Å². The molecule has 0 aromatic heterocycles. The predicted molar refractivity (Wildman–Crippen MR) is 130 cm³/mol. The van der Waals surface area contributed by atoms with Crippen LogP contribution in [0, 0.1) is 12.3 Å². The highest BCUT2D eigenvalue weighted by atomic mass is 16.6. The van der Waals surface area contributed by atoms with Crippen molar-refractivity contribution in [1.29, 1.82) is 0 Å². The summed E-state index contributed by atoms with van der Waals surface area (Å²) in [4.78, 5) is 26.6. The molecule has 1 amide bonds. The molecule has 0 radical (unpaired) electrons. The molecule has 3 aromatic carbocycles. The van der Waals surface area contributed by atoms with E-state index in [1.54, 1.807) is 30.0 Å². The van der Waals surface area contributed by atoms with E-state index in [9.17, 15) is 14.7 Å². The van der Waals surface area contributed by atoms with Crippen LogP contribution >= 0.6 is 0 Å². The molecular formula is C28H29NO4. The molecule has 0 saturated carbocycles. The minimum atomic E-state index is -1.02. The molecule has 170 valence electrons. The molecule has 0 aliphatic heterocycles. The van der Waals surface area contributed by atoms with Gasteiger partial charge in [0.05, 0.1) is 11.3 Å². The second kappa shape index (κ2) is 8.74. The number of anilines is 1. The second-order valence-corrected chi connectivity index (χ2v) is 9.71. The number of ether oxygens (including phenoxy) is 1. The van der Waals surface area contributed by atoms with Crippen molar-refractivity contribution in [2.45, 2.75) is 33.6 Å². The normalized spacial score (nSPS) is 12.7. The molecular weight excluding hydrogens is 414 g/mol. The predicted octanol–water partition coefficient (Wildman–Crippen LogP) is 6.49. The second-order valence-electron chi connectivity index (χ2n) is 9.71. The number of carbonyl (C=O) groups excluding carboxylic acids is 1. The van der Waals surface area contributed by atoms with E-state index in [4.69, 9.17) is 4.74 Å². The fourth-order valence-electron chi connectivity index (χ4n) is 4.54. The molecule has 0 saturated heterocycles. The third-order valence-electron chi connectivity index (χ3n) is 6.02. The van der Waals surface area contributed by atoms with Crippen LogP contribution < -0.4 is 4.90 Å². The van der Waals surface area contributed by atoms with Crippen molar-refractivity contribution in [3.63, 3.8) is 0 Å². The van der Waals surface area contributed by atoms with Crippen LogP contribution in [0.5, 0.6) is 0 Å². The maximum atomic E-state index is 13.4. The van der Waals surface area contributed by atoms with Crippen LogP contribution in [0.3, 0.4) is 0 Å². The summed E-state index contributed by atoms with van der Waals surface area (Å²) in [6.45, 7) is 8.44. The van der Waals surface area contributed by atoms with Crippen LogP contribution in [-0.2, 0) is 4.74 Å². The van der Waals surface area contributed by atoms with E-state index in [-0.39, 0.29) is 23.5 Å². The number of hydrogen-bond donors (Lipinski definition) is 1. The lowest BCUT2D eigenvalue weighted by Crippen LogP contribution is -2.39. The summed E-state index contributed by atoms with van der Waals surface area (Å²) in [7, 11) is 0. The van der Waals surface area contributed by atoms with Gasteiger partial charge in [0.15, 0.2) is 0 Å². The Hall–Kier alpha value is -3.60. The van der Waals surface area contributed by atoms with E-state index in [2.05, 4.69) is 24.3 Å². The van der Waals surface area contributed by atoms with Crippen molar-refractivity contribution in [3.05, 3.63) is 89.0 Å². The maximum Gasteiger partial charge on any atom is 0.414 e. The summed E-state index contributed by atoms with van der Waals surface area (Å²) in [5, 5.41) is 9.54. The van der Waals surface area contributed by atoms with Crippen LogP contribution in [0.15, 0.2) is 66.7 Å². The Morgan fingerprint density at radius 1 is 0.909 bits per heavy atom. The molecule has 1 aliphatic carbocycles.